The molecule has 1 unspecified atom stereocenters. The average molecular weight is 221 g/mol. The summed E-state index contributed by atoms with van der Waals surface area (Å²) in [5.74, 6) is 1.56. The van der Waals surface area contributed by atoms with Crippen molar-refractivity contribution in [3.05, 3.63) is 18.1 Å². The van der Waals surface area contributed by atoms with E-state index in [1.807, 2.05) is 6.07 Å². The molecule has 0 radical (unpaired) electrons. The number of anilines is 1. The minimum Gasteiger partial charge on any atom is -0.381 e. The molecule has 1 atom stereocenters. The van der Waals surface area contributed by atoms with Crippen molar-refractivity contribution in [1.82, 2.24) is 9.97 Å². The van der Waals surface area contributed by atoms with Gasteiger partial charge >= 0.3 is 0 Å². The lowest BCUT2D eigenvalue weighted by molar-refractivity contribution is 0.187. The summed E-state index contributed by atoms with van der Waals surface area (Å²) in [7, 11) is 0. The van der Waals surface area contributed by atoms with Gasteiger partial charge in [0.15, 0.2) is 0 Å². The molecule has 1 aliphatic heterocycles. The highest BCUT2D eigenvalue weighted by atomic mass is 16.5. The zero-order valence-electron chi connectivity index (χ0n) is 9.78. The molecule has 0 aromatic carbocycles. The van der Waals surface area contributed by atoms with E-state index in [0.717, 1.165) is 50.5 Å². The maximum atomic E-state index is 5.34. The van der Waals surface area contributed by atoms with Gasteiger partial charge < -0.3 is 10.1 Å². The summed E-state index contributed by atoms with van der Waals surface area (Å²) in [6, 6.07) is 2.04. The molecule has 0 bridgehead atoms. The first kappa shape index (κ1) is 11.3. The Kier molecular flexibility index (Phi) is 4.10. The predicted molar refractivity (Wildman–Crippen MR) is 63.4 cm³/mol. The molecule has 16 heavy (non-hydrogen) atoms. The van der Waals surface area contributed by atoms with E-state index in [9.17, 15) is 0 Å². The topological polar surface area (TPSA) is 47.0 Å². The van der Waals surface area contributed by atoms with Gasteiger partial charge in [0.05, 0.1) is 6.61 Å². The van der Waals surface area contributed by atoms with E-state index in [2.05, 4.69) is 22.2 Å². The van der Waals surface area contributed by atoms with E-state index in [1.165, 1.54) is 0 Å². The van der Waals surface area contributed by atoms with E-state index in [4.69, 9.17) is 4.74 Å². The van der Waals surface area contributed by atoms with Gasteiger partial charge in [0.1, 0.15) is 12.1 Å². The van der Waals surface area contributed by atoms with Gasteiger partial charge in [0.25, 0.3) is 0 Å². The van der Waals surface area contributed by atoms with Crippen LogP contribution in [0.1, 0.15) is 25.5 Å². The Morgan fingerprint density at radius 1 is 1.50 bits per heavy atom. The number of hydrogen-bond acceptors (Lipinski definition) is 4. The normalized spacial score (nSPS) is 19.9. The molecule has 1 aliphatic rings. The molecule has 4 heteroatoms. The largest absolute Gasteiger partial charge is 0.381 e. The van der Waals surface area contributed by atoms with E-state index in [-0.39, 0.29) is 0 Å². The third-order valence-electron chi connectivity index (χ3n) is 2.83. The van der Waals surface area contributed by atoms with Crippen molar-refractivity contribution in [2.24, 2.45) is 5.92 Å². The van der Waals surface area contributed by atoms with Crippen LogP contribution in [0.5, 0.6) is 0 Å². The molecule has 0 amide bonds. The Labute approximate surface area is 96.4 Å². The summed E-state index contributed by atoms with van der Waals surface area (Å²) in [5.41, 5.74) is 1.11. The van der Waals surface area contributed by atoms with Gasteiger partial charge in [-0.25, -0.2) is 9.97 Å². The van der Waals surface area contributed by atoms with Crippen molar-refractivity contribution in [3.63, 3.8) is 0 Å². The predicted octanol–water partition coefficient (Wildman–Crippen LogP) is 1.88. The second kappa shape index (κ2) is 5.80. The molecule has 0 saturated carbocycles. The summed E-state index contributed by atoms with van der Waals surface area (Å²) in [6.07, 6.45) is 4.93. The first-order valence-corrected chi connectivity index (χ1v) is 6.01. The van der Waals surface area contributed by atoms with Crippen LogP contribution in [0, 0.1) is 5.92 Å². The maximum absolute atomic E-state index is 5.34. The van der Waals surface area contributed by atoms with Gasteiger partial charge in [-0.3, -0.25) is 0 Å². The number of aromatic nitrogens is 2. The zero-order chi connectivity index (χ0) is 11.2. The first-order valence-electron chi connectivity index (χ1n) is 6.01. The Balaban J connectivity index is 1.85. The third-order valence-corrected chi connectivity index (χ3v) is 2.83. The number of ether oxygens (including phenoxy) is 1. The van der Waals surface area contributed by atoms with E-state index < -0.39 is 0 Å². The fourth-order valence-corrected chi connectivity index (χ4v) is 1.88. The van der Waals surface area contributed by atoms with Crippen molar-refractivity contribution in [2.75, 3.05) is 25.1 Å². The SMILES string of the molecule is CCCc1cc(NCC2CCOC2)ncn1. The van der Waals surface area contributed by atoms with Crippen molar-refractivity contribution < 1.29 is 4.74 Å². The monoisotopic (exact) mass is 221 g/mol. The molecule has 1 aromatic heterocycles. The maximum Gasteiger partial charge on any atom is 0.129 e. The van der Waals surface area contributed by atoms with Crippen molar-refractivity contribution >= 4 is 5.82 Å². The molecular formula is C12H19N3O. The van der Waals surface area contributed by atoms with Crippen molar-refractivity contribution in [1.29, 1.82) is 0 Å². The molecule has 1 N–H and O–H groups in total. The van der Waals surface area contributed by atoms with Crippen LogP contribution in [0.4, 0.5) is 5.82 Å². The number of nitrogens with zero attached hydrogens (tertiary/aromatic N) is 2. The molecule has 2 heterocycles. The Bertz CT molecular complexity index is 324. The fourth-order valence-electron chi connectivity index (χ4n) is 1.88. The second-order valence-electron chi connectivity index (χ2n) is 4.26. The number of hydrogen-bond donors (Lipinski definition) is 1. The zero-order valence-corrected chi connectivity index (χ0v) is 9.78. The Morgan fingerprint density at radius 2 is 2.44 bits per heavy atom. The van der Waals surface area contributed by atoms with Gasteiger partial charge in [0, 0.05) is 30.8 Å². The van der Waals surface area contributed by atoms with Crippen molar-refractivity contribution in [3.8, 4) is 0 Å². The summed E-state index contributed by atoms with van der Waals surface area (Å²) in [6.45, 7) is 4.88. The number of aryl methyl sites for hydroxylation is 1. The number of rotatable bonds is 5. The quantitative estimate of drug-likeness (QED) is 0.824. The van der Waals surface area contributed by atoms with Crippen LogP contribution in [0.3, 0.4) is 0 Å². The Morgan fingerprint density at radius 3 is 3.19 bits per heavy atom. The first-order chi connectivity index (χ1) is 7.88. The summed E-state index contributed by atoms with van der Waals surface area (Å²) < 4.78 is 5.34. The minimum atomic E-state index is 0.629. The van der Waals surface area contributed by atoms with Crippen LogP contribution in [-0.2, 0) is 11.2 Å². The third kappa shape index (κ3) is 3.17. The van der Waals surface area contributed by atoms with Gasteiger partial charge in [-0.2, -0.15) is 0 Å². The number of nitrogens with one attached hydrogen (secondary N) is 1. The molecule has 88 valence electrons. The lowest BCUT2D eigenvalue weighted by Gasteiger charge is -2.10. The van der Waals surface area contributed by atoms with E-state index in [1.54, 1.807) is 6.33 Å². The molecule has 1 saturated heterocycles. The van der Waals surface area contributed by atoms with Crippen LogP contribution in [0.25, 0.3) is 0 Å². The molecule has 0 spiro atoms. The van der Waals surface area contributed by atoms with Crippen LogP contribution in [0.2, 0.25) is 0 Å². The highest BCUT2D eigenvalue weighted by molar-refractivity contribution is 5.34. The highest BCUT2D eigenvalue weighted by Gasteiger charge is 2.15. The summed E-state index contributed by atoms with van der Waals surface area (Å²) in [5, 5.41) is 3.35. The van der Waals surface area contributed by atoms with Gasteiger partial charge in [-0.1, -0.05) is 13.3 Å². The van der Waals surface area contributed by atoms with E-state index >= 15 is 0 Å². The average Bonchev–Trinajstić information content (AvgIpc) is 2.80. The standard InChI is InChI=1S/C12H19N3O/c1-2-3-11-6-12(15-9-14-11)13-7-10-4-5-16-8-10/h6,9-10H,2-5,7-8H2,1H3,(H,13,14,15). The lowest BCUT2D eigenvalue weighted by Crippen LogP contribution is -2.15. The van der Waals surface area contributed by atoms with Gasteiger partial charge in [-0.05, 0) is 12.8 Å². The smallest absolute Gasteiger partial charge is 0.129 e. The molecule has 0 aliphatic carbocycles. The van der Waals surface area contributed by atoms with Gasteiger partial charge in [-0.15, -0.1) is 0 Å². The van der Waals surface area contributed by atoms with Crippen molar-refractivity contribution in [2.45, 2.75) is 26.2 Å². The minimum absolute atomic E-state index is 0.629. The summed E-state index contributed by atoms with van der Waals surface area (Å²) >= 11 is 0. The molecule has 1 aromatic rings. The molecule has 4 nitrogen and oxygen atoms in total. The highest BCUT2D eigenvalue weighted by Crippen LogP contribution is 2.13. The lowest BCUT2D eigenvalue weighted by atomic mass is 10.1. The van der Waals surface area contributed by atoms with E-state index in [0.29, 0.717) is 5.92 Å². The second-order valence-corrected chi connectivity index (χ2v) is 4.26. The molecule has 1 fully saturated rings. The van der Waals surface area contributed by atoms with Crippen LogP contribution in [-0.4, -0.2) is 29.7 Å². The molecular weight excluding hydrogens is 202 g/mol. The van der Waals surface area contributed by atoms with Crippen LogP contribution in [0.15, 0.2) is 12.4 Å². The molecule has 2 rings (SSSR count). The Hall–Kier alpha value is -1.16. The summed E-state index contributed by atoms with van der Waals surface area (Å²) in [4.78, 5) is 8.45. The van der Waals surface area contributed by atoms with Crippen LogP contribution < -0.4 is 5.32 Å². The van der Waals surface area contributed by atoms with Crippen LogP contribution >= 0.6 is 0 Å². The van der Waals surface area contributed by atoms with Gasteiger partial charge in [0.2, 0.25) is 0 Å². The fraction of sp³-hybridized carbons (Fsp3) is 0.667.